The quantitative estimate of drug-likeness (QED) is 0.870. The summed E-state index contributed by atoms with van der Waals surface area (Å²) in [5.41, 5.74) is -0.644. The number of aliphatic carboxylic acids is 1. The van der Waals surface area contributed by atoms with E-state index >= 15 is 0 Å². The van der Waals surface area contributed by atoms with E-state index in [2.05, 4.69) is 0 Å². The summed E-state index contributed by atoms with van der Waals surface area (Å²) in [6.07, 6.45) is 0.1000. The van der Waals surface area contributed by atoms with Gasteiger partial charge in [-0.2, -0.15) is 4.39 Å². The van der Waals surface area contributed by atoms with Crippen molar-refractivity contribution in [2.24, 2.45) is 5.41 Å². The third-order valence-electron chi connectivity index (χ3n) is 3.06. The SMILES string of the molecule is COc1cc(CC(C)(C)C(=O)O)c(OC)c(F)c1OC. The van der Waals surface area contributed by atoms with E-state index in [0.717, 1.165) is 0 Å². The van der Waals surface area contributed by atoms with Gasteiger partial charge < -0.3 is 19.3 Å². The molecule has 0 aliphatic rings. The van der Waals surface area contributed by atoms with Crippen LogP contribution >= 0.6 is 0 Å². The first-order valence-corrected chi connectivity index (χ1v) is 5.99. The smallest absolute Gasteiger partial charge is 0.309 e. The van der Waals surface area contributed by atoms with E-state index < -0.39 is 17.2 Å². The largest absolute Gasteiger partial charge is 0.493 e. The minimum absolute atomic E-state index is 0.0306. The van der Waals surface area contributed by atoms with Gasteiger partial charge in [-0.05, 0) is 26.3 Å². The van der Waals surface area contributed by atoms with Gasteiger partial charge in [0.1, 0.15) is 0 Å². The van der Waals surface area contributed by atoms with Gasteiger partial charge in [0.25, 0.3) is 0 Å². The molecule has 1 N–H and O–H groups in total. The molecule has 112 valence electrons. The highest BCUT2D eigenvalue weighted by atomic mass is 19.1. The minimum Gasteiger partial charge on any atom is -0.493 e. The van der Waals surface area contributed by atoms with Crippen LogP contribution in [-0.4, -0.2) is 32.4 Å². The van der Waals surface area contributed by atoms with Crippen molar-refractivity contribution in [1.29, 1.82) is 0 Å². The Bertz CT molecular complexity index is 511. The van der Waals surface area contributed by atoms with Gasteiger partial charge >= 0.3 is 5.97 Å². The zero-order valence-electron chi connectivity index (χ0n) is 12.2. The summed E-state index contributed by atoms with van der Waals surface area (Å²) in [5.74, 6) is -1.58. The molecular formula is C14H19FO5. The predicted molar refractivity (Wildman–Crippen MR) is 71.2 cm³/mol. The highest BCUT2D eigenvalue weighted by Gasteiger charge is 2.31. The second kappa shape index (κ2) is 5.98. The van der Waals surface area contributed by atoms with Crippen LogP contribution in [0.2, 0.25) is 0 Å². The molecule has 0 aliphatic carbocycles. The van der Waals surface area contributed by atoms with Crippen LogP contribution in [0.1, 0.15) is 19.4 Å². The number of ether oxygens (including phenoxy) is 3. The Hall–Kier alpha value is -1.98. The first-order valence-electron chi connectivity index (χ1n) is 5.99. The van der Waals surface area contributed by atoms with E-state index in [9.17, 15) is 14.3 Å². The molecule has 0 fully saturated rings. The van der Waals surface area contributed by atoms with Gasteiger partial charge in [0.15, 0.2) is 11.5 Å². The van der Waals surface area contributed by atoms with Gasteiger partial charge in [0.05, 0.1) is 26.7 Å². The predicted octanol–water partition coefficient (Wildman–Crippen LogP) is 2.50. The van der Waals surface area contributed by atoms with Crippen LogP contribution in [0.15, 0.2) is 6.07 Å². The molecule has 0 aromatic heterocycles. The van der Waals surface area contributed by atoms with E-state index in [1.807, 2.05) is 0 Å². The van der Waals surface area contributed by atoms with Crippen molar-refractivity contribution in [3.8, 4) is 17.2 Å². The van der Waals surface area contributed by atoms with Crippen molar-refractivity contribution in [2.45, 2.75) is 20.3 Å². The zero-order chi connectivity index (χ0) is 15.5. The molecule has 0 spiro atoms. The van der Waals surface area contributed by atoms with Gasteiger partial charge in [-0.25, -0.2) is 0 Å². The van der Waals surface area contributed by atoms with Crippen molar-refractivity contribution in [1.82, 2.24) is 0 Å². The van der Waals surface area contributed by atoms with Gasteiger partial charge in [-0.15, -0.1) is 0 Å². The number of carbonyl (C=O) groups is 1. The van der Waals surface area contributed by atoms with Crippen LogP contribution < -0.4 is 14.2 Å². The molecule has 0 bridgehead atoms. The fraction of sp³-hybridized carbons (Fsp3) is 0.500. The Morgan fingerprint density at radius 1 is 1.20 bits per heavy atom. The van der Waals surface area contributed by atoms with E-state index in [4.69, 9.17) is 14.2 Å². The van der Waals surface area contributed by atoms with Crippen molar-refractivity contribution in [3.05, 3.63) is 17.4 Å². The molecule has 0 radical (unpaired) electrons. The third kappa shape index (κ3) is 2.95. The van der Waals surface area contributed by atoms with Crippen LogP contribution in [0.25, 0.3) is 0 Å². The summed E-state index contributed by atoms with van der Waals surface area (Å²) in [6.45, 7) is 3.12. The van der Waals surface area contributed by atoms with Crippen molar-refractivity contribution in [2.75, 3.05) is 21.3 Å². The molecule has 0 aliphatic heterocycles. The van der Waals surface area contributed by atoms with Crippen LogP contribution in [0.4, 0.5) is 4.39 Å². The molecule has 1 rings (SSSR count). The van der Waals surface area contributed by atoms with Gasteiger partial charge in [-0.1, -0.05) is 0 Å². The van der Waals surface area contributed by atoms with Crippen LogP contribution in [-0.2, 0) is 11.2 Å². The lowest BCUT2D eigenvalue weighted by Gasteiger charge is -2.22. The van der Waals surface area contributed by atoms with Gasteiger partial charge in [0.2, 0.25) is 11.6 Å². The molecule has 0 heterocycles. The monoisotopic (exact) mass is 286 g/mol. The lowest BCUT2D eigenvalue weighted by atomic mass is 9.85. The summed E-state index contributed by atoms with van der Waals surface area (Å²) >= 11 is 0. The maximum atomic E-state index is 14.3. The molecule has 0 saturated heterocycles. The number of halogens is 1. The zero-order valence-corrected chi connectivity index (χ0v) is 12.2. The fourth-order valence-electron chi connectivity index (χ4n) is 1.89. The van der Waals surface area contributed by atoms with Crippen LogP contribution in [0.3, 0.4) is 0 Å². The Balaban J connectivity index is 3.39. The fourth-order valence-corrected chi connectivity index (χ4v) is 1.89. The number of hydrogen-bond donors (Lipinski definition) is 1. The Morgan fingerprint density at radius 2 is 1.75 bits per heavy atom. The average Bonchev–Trinajstić information content (AvgIpc) is 2.37. The number of carboxylic acid groups (broad SMARTS) is 1. The third-order valence-corrected chi connectivity index (χ3v) is 3.06. The maximum absolute atomic E-state index is 14.3. The molecular weight excluding hydrogens is 267 g/mol. The number of rotatable bonds is 6. The second-order valence-electron chi connectivity index (χ2n) is 4.98. The second-order valence-corrected chi connectivity index (χ2v) is 4.98. The average molecular weight is 286 g/mol. The number of benzene rings is 1. The molecule has 0 amide bonds. The van der Waals surface area contributed by atoms with Crippen molar-refractivity contribution >= 4 is 5.97 Å². The van der Waals surface area contributed by atoms with Crippen molar-refractivity contribution in [3.63, 3.8) is 0 Å². The van der Waals surface area contributed by atoms with Crippen LogP contribution in [0, 0.1) is 11.2 Å². The maximum Gasteiger partial charge on any atom is 0.309 e. The van der Waals surface area contributed by atoms with E-state index in [1.54, 1.807) is 13.8 Å². The highest BCUT2D eigenvalue weighted by molar-refractivity contribution is 5.74. The Morgan fingerprint density at radius 3 is 2.15 bits per heavy atom. The summed E-state index contributed by atoms with van der Waals surface area (Å²) in [7, 11) is 4.03. The minimum atomic E-state index is -1.06. The molecule has 0 unspecified atom stereocenters. The van der Waals surface area contributed by atoms with Crippen molar-refractivity contribution < 1.29 is 28.5 Å². The van der Waals surface area contributed by atoms with E-state index in [1.165, 1.54) is 27.4 Å². The first kappa shape index (κ1) is 16.1. The number of hydrogen-bond acceptors (Lipinski definition) is 4. The summed E-state index contributed by atoms with van der Waals surface area (Å²) in [5, 5.41) is 9.17. The normalized spacial score (nSPS) is 11.1. The molecule has 0 saturated carbocycles. The molecule has 1 aromatic carbocycles. The molecule has 1 aromatic rings. The first-order chi connectivity index (χ1) is 9.28. The standard InChI is InChI=1S/C14H19FO5/c1-14(2,13(16)17)7-8-6-9(18-3)12(20-5)10(15)11(8)19-4/h6H,7H2,1-5H3,(H,16,17). The lowest BCUT2D eigenvalue weighted by Crippen LogP contribution is -2.26. The molecule has 0 atom stereocenters. The van der Waals surface area contributed by atoms with E-state index in [0.29, 0.717) is 5.56 Å². The number of methoxy groups -OCH3 is 3. The molecule has 6 heteroatoms. The Labute approximate surface area is 117 Å². The molecule has 5 nitrogen and oxygen atoms in total. The summed E-state index contributed by atoms with van der Waals surface area (Å²) in [6, 6.07) is 1.53. The van der Waals surface area contributed by atoms with E-state index in [-0.39, 0.29) is 23.7 Å². The van der Waals surface area contributed by atoms with Gasteiger partial charge in [0, 0.05) is 5.56 Å². The number of carboxylic acids is 1. The lowest BCUT2D eigenvalue weighted by molar-refractivity contribution is -0.146. The Kier molecular flexibility index (Phi) is 4.81. The van der Waals surface area contributed by atoms with Crippen LogP contribution in [0.5, 0.6) is 17.2 Å². The topological polar surface area (TPSA) is 65.0 Å². The summed E-state index contributed by atoms with van der Waals surface area (Å²) in [4.78, 5) is 11.2. The molecule has 20 heavy (non-hydrogen) atoms. The van der Waals surface area contributed by atoms with Gasteiger partial charge in [-0.3, -0.25) is 4.79 Å². The summed E-state index contributed by atoms with van der Waals surface area (Å²) < 4.78 is 29.3. The highest BCUT2D eigenvalue weighted by Crippen LogP contribution is 2.41.